The van der Waals surface area contributed by atoms with Crippen LogP contribution in [0, 0.1) is 11.3 Å². The second kappa shape index (κ2) is 9.24. The number of nitrogens with one attached hydrogen (secondary N) is 1. The lowest BCUT2D eigenvalue weighted by Gasteiger charge is -2.08. The summed E-state index contributed by atoms with van der Waals surface area (Å²) in [6.45, 7) is 0.245. The fraction of sp³-hybridized carbons (Fsp3) is 0.136. The average Bonchev–Trinajstić information content (AvgIpc) is 2.75. The Morgan fingerprint density at radius 1 is 1.10 bits per heavy atom. The summed E-state index contributed by atoms with van der Waals surface area (Å²) in [7, 11) is 0. The zero-order valence-corrected chi connectivity index (χ0v) is 15.4. The van der Waals surface area contributed by atoms with Gasteiger partial charge in [-0.3, -0.25) is 9.59 Å². The number of rotatable bonds is 7. The molecule has 146 valence electrons. The maximum atomic E-state index is 11.9. The largest absolute Gasteiger partial charge is 0.502 e. The van der Waals surface area contributed by atoms with Crippen LogP contribution in [-0.4, -0.2) is 17.6 Å². The lowest BCUT2D eigenvalue weighted by atomic mass is 10.0. The molecule has 0 saturated carbocycles. The summed E-state index contributed by atoms with van der Waals surface area (Å²) in [5, 5.41) is 20.6. The topological polar surface area (TPSA) is 113 Å². The molecular formula is C22H18N2O5. The molecule has 7 heteroatoms. The number of amides is 1. The Kier molecular flexibility index (Phi) is 6.28. The molecule has 0 bridgehead atoms. The lowest BCUT2D eigenvalue weighted by Crippen LogP contribution is -2.24. The van der Waals surface area contributed by atoms with Gasteiger partial charge < -0.3 is 19.6 Å². The molecule has 3 rings (SSSR count). The van der Waals surface area contributed by atoms with E-state index in [1.165, 1.54) is 0 Å². The zero-order valence-electron chi connectivity index (χ0n) is 15.4. The quantitative estimate of drug-likeness (QED) is 0.641. The van der Waals surface area contributed by atoms with Gasteiger partial charge in [-0.15, -0.1) is 0 Å². The van der Waals surface area contributed by atoms with Gasteiger partial charge >= 0.3 is 0 Å². The van der Waals surface area contributed by atoms with E-state index >= 15 is 0 Å². The third kappa shape index (κ3) is 5.47. The normalized spacial score (nSPS) is 10.2. The molecule has 29 heavy (non-hydrogen) atoms. The Morgan fingerprint density at radius 3 is 2.38 bits per heavy atom. The highest BCUT2D eigenvalue weighted by atomic mass is 16.5. The summed E-state index contributed by atoms with van der Waals surface area (Å²) in [5.41, 5.74) is 2.04. The van der Waals surface area contributed by atoms with Crippen LogP contribution in [-0.2, 0) is 11.3 Å². The van der Waals surface area contributed by atoms with E-state index in [-0.39, 0.29) is 31.2 Å². The molecule has 3 aromatic rings. The highest BCUT2D eigenvalue weighted by molar-refractivity contribution is 5.75. The van der Waals surface area contributed by atoms with Crippen LogP contribution in [0.2, 0.25) is 0 Å². The van der Waals surface area contributed by atoms with Gasteiger partial charge in [0.05, 0.1) is 31.2 Å². The first-order chi connectivity index (χ1) is 14.0. The van der Waals surface area contributed by atoms with Crippen molar-refractivity contribution in [1.29, 1.82) is 5.26 Å². The van der Waals surface area contributed by atoms with E-state index in [0.29, 0.717) is 11.3 Å². The van der Waals surface area contributed by atoms with Gasteiger partial charge in [0.2, 0.25) is 11.3 Å². The molecule has 2 aromatic carbocycles. The van der Waals surface area contributed by atoms with Gasteiger partial charge in [0, 0.05) is 6.07 Å². The predicted molar refractivity (Wildman–Crippen MR) is 105 cm³/mol. The van der Waals surface area contributed by atoms with Crippen LogP contribution in [0.5, 0.6) is 11.5 Å². The predicted octanol–water partition coefficient (Wildman–Crippen LogP) is 2.97. The SMILES string of the molecule is N#Cc1ccc(-c2ccc(OCCC(=O)NCc3cc(=O)c(O)co3)cc2)cc1. The number of benzene rings is 2. The van der Waals surface area contributed by atoms with Crippen molar-refractivity contribution in [3.8, 4) is 28.7 Å². The fourth-order valence-electron chi connectivity index (χ4n) is 2.55. The van der Waals surface area contributed by atoms with Crippen LogP contribution in [0.1, 0.15) is 17.7 Å². The van der Waals surface area contributed by atoms with Crippen LogP contribution < -0.4 is 15.5 Å². The van der Waals surface area contributed by atoms with Gasteiger partial charge in [0.15, 0.2) is 5.75 Å². The molecule has 1 heterocycles. The van der Waals surface area contributed by atoms with E-state index in [9.17, 15) is 9.59 Å². The molecule has 0 radical (unpaired) electrons. The second-order valence-corrected chi connectivity index (χ2v) is 6.18. The molecule has 7 nitrogen and oxygen atoms in total. The smallest absolute Gasteiger partial charge is 0.226 e. The van der Waals surface area contributed by atoms with Crippen molar-refractivity contribution in [2.75, 3.05) is 6.61 Å². The standard InChI is InChI=1S/C22H18N2O5/c23-12-15-1-3-16(4-2-15)17-5-7-18(8-6-17)28-10-9-22(27)24-13-19-11-20(25)21(26)14-29-19/h1-8,11,14,26H,9-10,13H2,(H,24,27). The molecule has 0 unspecified atom stereocenters. The van der Waals surface area contributed by atoms with Gasteiger partial charge in [0.1, 0.15) is 17.8 Å². The third-order valence-corrected chi connectivity index (χ3v) is 4.13. The van der Waals surface area contributed by atoms with Crippen LogP contribution in [0.15, 0.2) is 70.1 Å². The van der Waals surface area contributed by atoms with Crippen molar-refractivity contribution in [2.45, 2.75) is 13.0 Å². The Bertz CT molecular complexity index is 1080. The van der Waals surface area contributed by atoms with Crippen LogP contribution in [0.3, 0.4) is 0 Å². The Labute approximate surface area is 166 Å². The van der Waals surface area contributed by atoms with Gasteiger partial charge in [-0.05, 0) is 35.4 Å². The van der Waals surface area contributed by atoms with Gasteiger partial charge in [-0.25, -0.2) is 0 Å². The van der Waals surface area contributed by atoms with Crippen molar-refractivity contribution in [3.05, 3.63) is 82.4 Å². The molecule has 0 saturated heterocycles. The first kappa shape index (κ1) is 19.7. The maximum absolute atomic E-state index is 11.9. The summed E-state index contributed by atoms with van der Waals surface area (Å²) in [6, 6.07) is 18.0. The average molecular weight is 390 g/mol. The molecule has 0 spiro atoms. The van der Waals surface area contributed by atoms with E-state index in [0.717, 1.165) is 23.5 Å². The lowest BCUT2D eigenvalue weighted by molar-refractivity contribution is -0.121. The Hall–Kier alpha value is -4.05. The van der Waals surface area contributed by atoms with Crippen molar-refractivity contribution >= 4 is 5.91 Å². The fourth-order valence-corrected chi connectivity index (χ4v) is 2.55. The second-order valence-electron chi connectivity index (χ2n) is 6.18. The van der Waals surface area contributed by atoms with Crippen molar-refractivity contribution in [1.82, 2.24) is 5.32 Å². The molecule has 2 N–H and O–H groups in total. The number of nitriles is 1. The number of hydrogen-bond donors (Lipinski definition) is 2. The molecule has 0 aliphatic rings. The number of ether oxygens (including phenoxy) is 1. The van der Waals surface area contributed by atoms with Crippen molar-refractivity contribution in [2.24, 2.45) is 0 Å². The number of nitrogens with zero attached hydrogens (tertiary/aromatic N) is 1. The first-order valence-corrected chi connectivity index (χ1v) is 8.86. The number of aromatic hydroxyl groups is 1. The minimum atomic E-state index is -0.562. The van der Waals surface area contributed by atoms with Crippen molar-refractivity contribution in [3.63, 3.8) is 0 Å². The first-order valence-electron chi connectivity index (χ1n) is 8.86. The molecule has 1 aromatic heterocycles. The Balaban J connectivity index is 1.45. The summed E-state index contributed by atoms with van der Waals surface area (Å²) in [6.07, 6.45) is 1.08. The Morgan fingerprint density at radius 2 is 1.76 bits per heavy atom. The van der Waals surface area contributed by atoms with Crippen LogP contribution >= 0.6 is 0 Å². The summed E-state index contributed by atoms with van der Waals surface area (Å²) < 4.78 is 10.6. The summed E-state index contributed by atoms with van der Waals surface area (Å²) in [5.74, 6) is 0.161. The monoisotopic (exact) mass is 390 g/mol. The van der Waals surface area contributed by atoms with E-state index in [4.69, 9.17) is 19.5 Å². The van der Waals surface area contributed by atoms with E-state index < -0.39 is 11.2 Å². The highest BCUT2D eigenvalue weighted by Gasteiger charge is 2.06. The minimum Gasteiger partial charge on any atom is -0.502 e. The van der Waals surface area contributed by atoms with E-state index in [1.54, 1.807) is 12.1 Å². The van der Waals surface area contributed by atoms with E-state index in [2.05, 4.69) is 11.4 Å². The molecule has 0 atom stereocenters. The van der Waals surface area contributed by atoms with Gasteiger partial charge in [-0.1, -0.05) is 24.3 Å². The zero-order chi connectivity index (χ0) is 20.6. The number of carbonyl (C=O) groups excluding carboxylic acids is 1. The molecule has 1 amide bonds. The van der Waals surface area contributed by atoms with E-state index in [1.807, 2.05) is 36.4 Å². The number of hydrogen-bond acceptors (Lipinski definition) is 6. The summed E-state index contributed by atoms with van der Waals surface area (Å²) >= 11 is 0. The molecular weight excluding hydrogens is 372 g/mol. The van der Waals surface area contributed by atoms with Crippen molar-refractivity contribution < 1.29 is 19.1 Å². The van der Waals surface area contributed by atoms with Gasteiger partial charge in [0.25, 0.3) is 0 Å². The molecule has 0 aliphatic heterocycles. The molecule has 0 aliphatic carbocycles. The highest BCUT2D eigenvalue weighted by Crippen LogP contribution is 2.22. The maximum Gasteiger partial charge on any atom is 0.226 e. The third-order valence-electron chi connectivity index (χ3n) is 4.13. The number of carbonyl (C=O) groups is 1. The molecule has 0 fully saturated rings. The van der Waals surface area contributed by atoms with Crippen LogP contribution in [0.25, 0.3) is 11.1 Å². The van der Waals surface area contributed by atoms with Crippen LogP contribution in [0.4, 0.5) is 0 Å². The van der Waals surface area contributed by atoms with Gasteiger partial charge in [-0.2, -0.15) is 5.26 Å². The summed E-state index contributed by atoms with van der Waals surface area (Å²) in [4.78, 5) is 23.2. The minimum absolute atomic E-state index is 0.0492.